The predicted molar refractivity (Wildman–Crippen MR) is 101 cm³/mol. The second kappa shape index (κ2) is 7.77. The summed E-state index contributed by atoms with van der Waals surface area (Å²) < 4.78 is 38.1. The zero-order chi connectivity index (χ0) is 19.7. The van der Waals surface area contributed by atoms with Crippen molar-refractivity contribution in [3.63, 3.8) is 0 Å². The number of hydrogen-bond donors (Lipinski definition) is 0. The number of amides is 1. The van der Waals surface area contributed by atoms with E-state index in [0.717, 1.165) is 12.8 Å². The lowest BCUT2D eigenvalue weighted by Gasteiger charge is -2.41. The van der Waals surface area contributed by atoms with Gasteiger partial charge in [-0.2, -0.15) is 4.31 Å². The summed E-state index contributed by atoms with van der Waals surface area (Å²) in [6.07, 6.45) is 1.46. The zero-order valence-corrected chi connectivity index (χ0v) is 17.0. The van der Waals surface area contributed by atoms with Crippen LogP contribution in [-0.2, 0) is 19.6 Å². The fourth-order valence-electron chi connectivity index (χ4n) is 4.35. The minimum Gasteiger partial charge on any atom is -0.497 e. The maximum absolute atomic E-state index is 13.0. The van der Waals surface area contributed by atoms with E-state index >= 15 is 0 Å². The summed E-state index contributed by atoms with van der Waals surface area (Å²) in [6, 6.07) is 6.57. The average molecular weight is 397 g/mol. The van der Waals surface area contributed by atoms with Crippen LogP contribution in [0.3, 0.4) is 0 Å². The molecule has 2 aliphatic heterocycles. The molecule has 0 aliphatic carbocycles. The summed E-state index contributed by atoms with van der Waals surface area (Å²) in [5.74, 6) is 0.838. The van der Waals surface area contributed by atoms with Gasteiger partial charge >= 0.3 is 0 Å². The van der Waals surface area contributed by atoms with E-state index in [4.69, 9.17) is 9.47 Å². The Hall–Kier alpha value is -1.64. The standard InChI is InChI=1S/C19H28N2O5S/c1-15(22)20-12-16(13-25-2)19(14-20)7-9-21(10-8-19)27(23,24)18-6-4-5-17(11-18)26-3/h4-6,11,16H,7-10,12-14H2,1-3H3. The highest BCUT2D eigenvalue weighted by molar-refractivity contribution is 7.89. The molecule has 2 saturated heterocycles. The molecule has 27 heavy (non-hydrogen) atoms. The molecule has 3 rings (SSSR count). The third-order valence-corrected chi connectivity index (χ3v) is 7.92. The molecular formula is C19H28N2O5S. The molecule has 8 heteroatoms. The Kier molecular flexibility index (Phi) is 5.79. The van der Waals surface area contributed by atoms with Gasteiger partial charge in [0.05, 0.1) is 18.6 Å². The maximum Gasteiger partial charge on any atom is 0.243 e. The normalized spacial score (nSPS) is 22.9. The molecule has 2 aliphatic rings. The molecule has 150 valence electrons. The lowest BCUT2D eigenvalue weighted by Crippen LogP contribution is -2.47. The Morgan fingerprint density at radius 2 is 1.96 bits per heavy atom. The monoisotopic (exact) mass is 396 g/mol. The lowest BCUT2D eigenvalue weighted by molar-refractivity contribution is -0.128. The van der Waals surface area contributed by atoms with Crippen molar-refractivity contribution >= 4 is 15.9 Å². The molecule has 1 unspecified atom stereocenters. The number of ether oxygens (including phenoxy) is 2. The molecule has 1 aromatic carbocycles. The number of nitrogens with zero attached hydrogens (tertiary/aromatic N) is 2. The van der Waals surface area contributed by atoms with Crippen LogP contribution in [0.1, 0.15) is 19.8 Å². The van der Waals surface area contributed by atoms with E-state index in [9.17, 15) is 13.2 Å². The average Bonchev–Trinajstić information content (AvgIpc) is 3.01. The first-order valence-corrected chi connectivity index (χ1v) is 10.6. The van der Waals surface area contributed by atoms with E-state index in [1.54, 1.807) is 42.6 Å². The van der Waals surface area contributed by atoms with E-state index in [1.165, 1.54) is 7.11 Å². The Morgan fingerprint density at radius 3 is 2.56 bits per heavy atom. The summed E-state index contributed by atoms with van der Waals surface area (Å²) in [6.45, 7) is 4.45. The molecule has 0 saturated carbocycles. The van der Waals surface area contributed by atoms with Crippen LogP contribution in [-0.4, -0.2) is 70.5 Å². The van der Waals surface area contributed by atoms with E-state index < -0.39 is 10.0 Å². The van der Waals surface area contributed by atoms with Crippen LogP contribution in [0.2, 0.25) is 0 Å². The first-order valence-electron chi connectivity index (χ1n) is 9.21. The highest BCUT2D eigenvalue weighted by Crippen LogP contribution is 2.45. The molecule has 1 amide bonds. The molecule has 0 bridgehead atoms. The number of carbonyl (C=O) groups is 1. The van der Waals surface area contributed by atoms with Crippen LogP contribution < -0.4 is 4.74 Å². The summed E-state index contributed by atoms with van der Waals surface area (Å²) in [5, 5.41) is 0. The van der Waals surface area contributed by atoms with Crippen molar-refractivity contribution in [2.45, 2.75) is 24.7 Å². The third-order valence-electron chi connectivity index (χ3n) is 6.02. The molecule has 0 radical (unpaired) electrons. The predicted octanol–water partition coefficient (Wildman–Crippen LogP) is 1.59. The number of hydrogen-bond acceptors (Lipinski definition) is 5. The van der Waals surface area contributed by atoms with Gasteiger partial charge in [0.25, 0.3) is 0 Å². The van der Waals surface area contributed by atoms with Gasteiger partial charge in [0.15, 0.2) is 0 Å². The molecule has 1 spiro atoms. The molecule has 1 aromatic rings. The molecule has 7 nitrogen and oxygen atoms in total. The third kappa shape index (κ3) is 3.83. The minimum atomic E-state index is -3.56. The minimum absolute atomic E-state index is 0.0674. The topological polar surface area (TPSA) is 76.2 Å². The van der Waals surface area contributed by atoms with Gasteiger partial charge in [0.1, 0.15) is 5.75 Å². The number of methoxy groups -OCH3 is 2. The number of carbonyl (C=O) groups excluding carboxylic acids is 1. The molecule has 0 N–H and O–H groups in total. The molecule has 1 atom stereocenters. The molecule has 2 fully saturated rings. The van der Waals surface area contributed by atoms with Gasteiger partial charge in [-0.05, 0) is 30.4 Å². The number of rotatable bonds is 5. The summed E-state index contributed by atoms with van der Waals surface area (Å²) in [4.78, 5) is 14.0. The molecule has 2 heterocycles. The van der Waals surface area contributed by atoms with Crippen LogP contribution in [0, 0.1) is 11.3 Å². The summed E-state index contributed by atoms with van der Waals surface area (Å²) >= 11 is 0. The SMILES string of the molecule is COCC1CN(C(C)=O)CC12CCN(S(=O)(=O)c1cccc(OC)c1)CC2. The van der Waals surface area contributed by atoms with E-state index in [1.807, 2.05) is 4.90 Å². The number of likely N-dealkylation sites (tertiary alicyclic amines) is 1. The van der Waals surface area contributed by atoms with Crippen LogP contribution in [0.4, 0.5) is 0 Å². The van der Waals surface area contributed by atoms with Gasteiger partial charge in [-0.25, -0.2) is 8.42 Å². The first-order chi connectivity index (χ1) is 12.8. The second-order valence-corrected chi connectivity index (χ2v) is 9.44. The Morgan fingerprint density at radius 1 is 1.26 bits per heavy atom. The smallest absolute Gasteiger partial charge is 0.243 e. The van der Waals surface area contributed by atoms with Crippen LogP contribution >= 0.6 is 0 Å². The number of piperidine rings is 1. The van der Waals surface area contributed by atoms with Crippen molar-refractivity contribution in [2.24, 2.45) is 11.3 Å². The highest BCUT2D eigenvalue weighted by Gasteiger charge is 2.49. The van der Waals surface area contributed by atoms with Gasteiger partial charge in [-0.1, -0.05) is 6.07 Å². The second-order valence-electron chi connectivity index (χ2n) is 7.50. The van der Waals surface area contributed by atoms with Crippen molar-refractivity contribution in [1.82, 2.24) is 9.21 Å². The van der Waals surface area contributed by atoms with Crippen LogP contribution in [0.5, 0.6) is 5.75 Å². The van der Waals surface area contributed by atoms with Gasteiger partial charge in [0, 0.05) is 52.2 Å². The van der Waals surface area contributed by atoms with Crippen molar-refractivity contribution in [1.29, 1.82) is 0 Å². The summed E-state index contributed by atoms with van der Waals surface area (Å²) in [5.41, 5.74) is -0.0674. The van der Waals surface area contributed by atoms with Crippen molar-refractivity contribution in [3.05, 3.63) is 24.3 Å². The first kappa shape index (κ1) is 20.1. The summed E-state index contributed by atoms with van der Waals surface area (Å²) in [7, 11) is -0.365. The fourth-order valence-corrected chi connectivity index (χ4v) is 5.83. The fraction of sp³-hybridized carbons (Fsp3) is 0.632. The van der Waals surface area contributed by atoms with Gasteiger partial charge in [-0.15, -0.1) is 0 Å². The Labute approximate surface area is 161 Å². The highest BCUT2D eigenvalue weighted by atomic mass is 32.2. The Bertz CT molecular complexity index is 787. The maximum atomic E-state index is 13.0. The quantitative estimate of drug-likeness (QED) is 0.756. The van der Waals surface area contributed by atoms with E-state index in [2.05, 4.69) is 0 Å². The van der Waals surface area contributed by atoms with Gasteiger partial charge in [0.2, 0.25) is 15.9 Å². The van der Waals surface area contributed by atoms with Gasteiger partial charge < -0.3 is 14.4 Å². The molecular weight excluding hydrogens is 368 g/mol. The van der Waals surface area contributed by atoms with Crippen LogP contribution in [0.15, 0.2) is 29.2 Å². The lowest BCUT2D eigenvalue weighted by atomic mass is 9.71. The van der Waals surface area contributed by atoms with Crippen molar-refractivity contribution in [3.8, 4) is 5.75 Å². The zero-order valence-electron chi connectivity index (χ0n) is 16.2. The van der Waals surface area contributed by atoms with Crippen LogP contribution in [0.25, 0.3) is 0 Å². The largest absolute Gasteiger partial charge is 0.497 e. The van der Waals surface area contributed by atoms with E-state index in [-0.39, 0.29) is 22.1 Å². The van der Waals surface area contributed by atoms with Gasteiger partial charge in [-0.3, -0.25) is 4.79 Å². The van der Waals surface area contributed by atoms with E-state index in [0.29, 0.717) is 38.5 Å². The molecule has 0 aromatic heterocycles. The van der Waals surface area contributed by atoms with Crippen molar-refractivity contribution < 1.29 is 22.7 Å². The Balaban J connectivity index is 1.76. The number of benzene rings is 1. The number of sulfonamides is 1. The van der Waals surface area contributed by atoms with Crippen molar-refractivity contribution in [2.75, 3.05) is 47.0 Å².